The molecule has 0 radical (unpaired) electrons. The number of hydrogen-bond acceptors (Lipinski definition) is 4. The zero-order valence-electron chi connectivity index (χ0n) is 12.0. The van der Waals surface area contributed by atoms with Crippen LogP contribution in [-0.4, -0.2) is 28.6 Å². The maximum atomic E-state index is 12.6. The largest absolute Gasteiger partial charge is 0.488 e. The van der Waals surface area contributed by atoms with Gasteiger partial charge in [0.05, 0.1) is 5.56 Å². The van der Waals surface area contributed by atoms with Crippen molar-refractivity contribution in [2.45, 2.75) is 24.5 Å². The summed E-state index contributed by atoms with van der Waals surface area (Å²) in [6, 6.07) is 9.90. The summed E-state index contributed by atoms with van der Waals surface area (Å²) >= 11 is 0. The van der Waals surface area contributed by atoms with Gasteiger partial charge in [0.15, 0.2) is 0 Å². The number of pyridine rings is 1. The van der Waals surface area contributed by atoms with Gasteiger partial charge in [-0.25, -0.2) is 0 Å². The molecular formula is C16H14F3NO3. The lowest BCUT2D eigenvalue weighted by molar-refractivity contribution is -0.137. The summed E-state index contributed by atoms with van der Waals surface area (Å²) in [5.74, 6) is -1.47. The van der Waals surface area contributed by atoms with Crippen LogP contribution in [0.25, 0.3) is 0 Å². The van der Waals surface area contributed by atoms with Crippen molar-refractivity contribution in [2.75, 3.05) is 6.61 Å². The molecule has 7 heteroatoms. The van der Waals surface area contributed by atoms with E-state index in [0.29, 0.717) is 6.42 Å². The number of epoxide rings is 1. The summed E-state index contributed by atoms with van der Waals surface area (Å²) in [7, 11) is 0. The summed E-state index contributed by atoms with van der Waals surface area (Å²) in [5.41, 5.74) is -0.0452. The van der Waals surface area contributed by atoms with E-state index < -0.39 is 23.6 Å². The van der Waals surface area contributed by atoms with Gasteiger partial charge in [-0.3, -0.25) is 4.98 Å². The third-order valence-electron chi connectivity index (χ3n) is 3.52. The second-order valence-corrected chi connectivity index (χ2v) is 5.29. The first-order valence-corrected chi connectivity index (χ1v) is 6.97. The van der Waals surface area contributed by atoms with Crippen molar-refractivity contribution in [1.82, 2.24) is 4.98 Å². The lowest BCUT2D eigenvalue weighted by atomic mass is 10.1. The van der Waals surface area contributed by atoms with Gasteiger partial charge in [-0.15, -0.1) is 0 Å². The minimum atomic E-state index is -4.44. The first-order valence-electron chi connectivity index (χ1n) is 6.97. The predicted octanol–water partition coefficient (Wildman–Crippen LogP) is 2.81. The van der Waals surface area contributed by atoms with Crippen molar-refractivity contribution in [1.29, 1.82) is 0 Å². The van der Waals surface area contributed by atoms with Crippen molar-refractivity contribution in [3.05, 3.63) is 59.9 Å². The Hall–Kier alpha value is -2.12. The first kappa shape index (κ1) is 15.8. The molecule has 2 atom stereocenters. The van der Waals surface area contributed by atoms with E-state index in [2.05, 4.69) is 4.98 Å². The number of aromatic nitrogens is 1. The minimum absolute atomic E-state index is 0.0281. The molecule has 0 saturated carbocycles. The average Bonchev–Trinajstić information content (AvgIpc) is 3.16. The molecule has 3 rings (SSSR count). The van der Waals surface area contributed by atoms with Crippen LogP contribution in [-0.2, 0) is 17.3 Å². The van der Waals surface area contributed by atoms with E-state index in [1.165, 1.54) is 12.1 Å². The minimum Gasteiger partial charge on any atom is -0.488 e. The molecule has 4 nitrogen and oxygen atoms in total. The van der Waals surface area contributed by atoms with Crippen LogP contribution in [0.2, 0.25) is 0 Å². The van der Waals surface area contributed by atoms with Crippen LogP contribution in [0.15, 0.2) is 48.7 Å². The Morgan fingerprint density at radius 2 is 2.04 bits per heavy atom. The highest BCUT2D eigenvalue weighted by Crippen LogP contribution is 2.37. The maximum absolute atomic E-state index is 12.6. The number of hydrogen-bond donors (Lipinski definition) is 1. The molecule has 0 spiro atoms. The molecular weight excluding hydrogens is 311 g/mol. The summed E-state index contributed by atoms with van der Waals surface area (Å²) in [5, 5.41) is 10.1. The van der Waals surface area contributed by atoms with Crippen LogP contribution in [0.5, 0.6) is 5.75 Å². The summed E-state index contributed by atoms with van der Waals surface area (Å²) in [6.45, 7) is -0.244. The fraction of sp³-hybridized carbons (Fsp3) is 0.312. The Morgan fingerprint density at radius 1 is 1.22 bits per heavy atom. The molecule has 0 bridgehead atoms. The van der Waals surface area contributed by atoms with Crippen molar-refractivity contribution in [3.63, 3.8) is 0 Å². The number of rotatable bonds is 5. The lowest BCUT2D eigenvalue weighted by Gasteiger charge is -2.11. The van der Waals surface area contributed by atoms with Crippen molar-refractivity contribution in [2.24, 2.45) is 0 Å². The Labute approximate surface area is 130 Å². The van der Waals surface area contributed by atoms with Gasteiger partial charge in [0.25, 0.3) is 0 Å². The van der Waals surface area contributed by atoms with Crippen LogP contribution in [0.4, 0.5) is 13.2 Å². The third-order valence-corrected chi connectivity index (χ3v) is 3.52. The molecule has 2 heterocycles. The van der Waals surface area contributed by atoms with Gasteiger partial charge in [0.2, 0.25) is 5.79 Å². The highest BCUT2D eigenvalue weighted by Gasteiger charge is 2.56. The molecule has 1 N–H and O–H groups in total. The van der Waals surface area contributed by atoms with E-state index in [1.54, 1.807) is 18.3 Å². The molecule has 0 aliphatic carbocycles. The van der Waals surface area contributed by atoms with Crippen LogP contribution >= 0.6 is 0 Å². The average molecular weight is 325 g/mol. The topological polar surface area (TPSA) is 54.9 Å². The fourth-order valence-corrected chi connectivity index (χ4v) is 2.20. The molecule has 2 unspecified atom stereocenters. The number of ether oxygens (including phenoxy) is 2. The van der Waals surface area contributed by atoms with E-state index in [1.807, 2.05) is 6.07 Å². The molecule has 1 aliphatic rings. The predicted molar refractivity (Wildman–Crippen MR) is 74.7 cm³/mol. The molecule has 1 aromatic heterocycles. The van der Waals surface area contributed by atoms with Crippen molar-refractivity contribution in [3.8, 4) is 5.75 Å². The lowest BCUT2D eigenvalue weighted by Crippen LogP contribution is -2.25. The van der Waals surface area contributed by atoms with E-state index >= 15 is 0 Å². The van der Waals surface area contributed by atoms with Crippen LogP contribution < -0.4 is 4.74 Å². The molecule has 1 fully saturated rings. The van der Waals surface area contributed by atoms with Crippen LogP contribution in [0.1, 0.15) is 11.3 Å². The number of benzene rings is 1. The van der Waals surface area contributed by atoms with Crippen molar-refractivity contribution < 1.29 is 27.8 Å². The molecule has 23 heavy (non-hydrogen) atoms. The Balaban J connectivity index is 1.57. The van der Waals surface area contributed by atoms with E-state index in [4.69, 9.17) is 9.47 Å². The summed E-state index contributed by atoms with van der Waals surface area (Å²) in [4.78, 5) is 4.12. The highest BCUT2D eigenvalue weighted by molar-refractivity contribution is 5.30. The summed E-state index contributed by atoms with van der Waals surface area (Å²) < 4.78 is 48.3. The van der Waals surface area contributed by atoms with Crippen molar-refractivity contribution >= 4 is 0 Å². The molecule has 1 saturated heterocycles. The zero-order chi connectivity index (χ0) is 16.5. The number of aliphatic hydroxyl groups is 1. The van der Waals surface area contributed by atoms with Gasteiger partial charge >= 0.3 is 6.18 Å². The molecule has 1 aromatic carbocycles. The standard InChI is InChI=1S/C16H14F3NO3/c17-16(18,19)11-4-3-6-13(8-11)22-10-15(21)14(23-15)9-12-5-1-2-7-20-12/h1-8,14,21H,9-10H2. The smallest absolute Gasteiger partial charge is 0.416 e. The van der Waals surface area contributed by atoms with Gasteiger partial charge in [-0.1, -0.05) is 12.1 Å². The first-order chi connectivity index (χ1) is 10.9. The fourth-order valence-electron chi connectivity index (χ4n) is 2.20. The second kappa shape index (κ2) is 5.82. The normalized spacial score (nSPS) is 23.6. The van der Waals surface area contributed by atoms with Gasteiger partial charge < -0.3 is 14.6 Å². The van der Waals surface area contributed by atoms with E-state index in [9.17, 15) is 18.3 Å². The van der Waals surface area contributed by atoms with Gasteiger partial charge in [-0.05, 0) is 30.3 Å². The third kappa shape index (κ3) is 3.80. The van der Waals surface area contributed by atoms with Gasteiger partial charge in [0.1, 0.15) is 18.5 Å². The highest BCUT2D eigenvalue weighted by atomic mass is 19.4. The van der Waals surface area contributed by atoms with Crippen LogP contribution in [0, 0.1) is 0 Å². The Kier molecular flexibility index (Phi) is 3.99. The molecule has 1 aliphatic heterocycles. The quantitative estimate of drug-likeness (QED) is 0.859. The Bertz CT molecular complexity index is 678. The SMILES string of the molecule is OC1(COc2cccc(C(F)(F)F)c2)OC1Cc1ccccn1. The van der Waals surface area contributed by atoms with Gasteiger partial charge in [-0.2, -0.15) is 13.2 Å². The molecule has 122 valence electrons. The van der Waals surface area contributed by atoms with E-state index in [0.717, 1.165) is 17.8 Å². The molecule has 0 amide bonds. The van der Waals surface area contributed by atoms with E-state index in [-0.39, 0.29) is 12.4 Å². The van der Waals surface area contributed by atoms with Gasteiger partial charge in [0, 0.05) is 18.3 Å². The second-order valence-electron chi connectivity index (χ2n) is 5.29. The maximum Gasteiger partial charge on any atom is 0.416 e. The Morgan fingerprint density at radius 3 is 2.74 bits per heavy atom. The monoisotopic (exact) mass is 325 g/mol. The molecule has 2 aromatic rings. The zero-order valence-corrected chi connectivity index (χ0v) is 12.0. The number of nitrogens with zero attached hydrogens (tertiary/aromatic N) is 1. The number of halogens is 3. The van der Waals surface area contributed by atoms with Crippen LogP contribution in [0.3, 0.4) is 0 Å². The number of alkyl halides is 3. The summed E-state index contributed by atoms with van der Waals surface area (Å²) in [6.07, 6.45) is -2.88.